The number of carbonyl (C=O) groups is 5. The first-order valence-corrected chi connectivity index (χ1v) is 13.4. The summed E-state index contributed by atoms with van der Waals surface area (Å²) in [6.45, 7) is 3.53. The van der Waals surface area contributed by atoms with Crippen molar-refractivity contribution in [3.05, 3.63) is 77.4 Å². The van der Waals surface area contributed by atoms with Gasteiger partial charge in [-0.25, -0.2) is 19.2 Å². The fourth-order valence-corrected chi connectivity index (χ4v) is 4.63. The zero-order chi connectivity index (χ0) is 33.7. The third-order valence-corrected chi connectivity index (χ3v) is 6.50. The number of likely N-dealkylation sites (N-methyl/N-ethyl adjacent to an activating group) is 1. The number of carbonyl (C=O) groups excluding carboxylic acids is 1. The molecule has 0 unspecified atom stereocenters. The number of nitrogens with one attached hydrogen (secondary N) is 1. The number of hydrogen-bond acceptors (Lipinski definition) is 9. The van der Waals surface area contributed by atoms with E-state index >= 15 is 0 Å². The van der Waals surface area contributed by atoms with Crippen LogP contribution in [0.25, 0.3) is 0 Å². The predicted molar refractivity (Wildman–Crippen MR) is 163 cm³/mol. The third kappa shape index (κ3) is 11.3. The molecule has 2 atom stereocenters. The van der Waals surface area contributed by atoms with Gasteiger partial charge in [-0.05, 0) is 49.8 Å². The van der Waals surface area contributed by atoms with Crippen molar-refractivity contribution < 1.29 is 53.9 Å². The van der Waals surface area contributed by atoms with Crippen LogP contribution >= 0.6 is 0 Å². The molecule has 4 rings (SSSR count). The van der Waals surface area contributed by atoms with Crippen molar-refractivity contribution in [3.8, 4) is 11.5 Å². The lowest BCUT2D eigenvalue weighted by molar-refractivity contribution is -0.134. The molecule has 14 nitrogen and oxygen atoms in total. The van der Waals surface area contributed by atoms with Crippen LogP contribution in [0.1, 0.15) is 36.0 Å². The Bertz CT molecular complexity index is 1430. The fraction of sp³-hybridized carbons (Fsp3) is 0.290. The summed E-state index contributed by atoms with van der Waals surface area (Å²) in [4.78, 5) is 57.1. The van der Waals surface area contributed by atoms with E-state index in [2.05, 4.69) is 23.3 Å². The smallest absolute Gasteiger partial charge is 0.328 e. The number of piperidine rings is 1. The number of rotatable bonds is 8. The Morgan fingerprint density at radius 3 is 1.78 bits per heavy atom. The highest BCUT2D eigenvalue weighted by Crippen LogP contribution is 2.42. The van der Waals surface area contributed by atoms with Gasteiger partial charge in [-0.1, -0.05) is 12.1 Å². The van der Waals surface area contributed by atoms with Crippen LogP contribution in [0.2, 0.25) is 0 Å². The molecular formula is C31H35N3O11. The molecule has 1 fully saturated rings. The van der Waals surface area contributed by atoms with Crippen LogP contribution in [0.3, 0.4) is 0 Å². The molecule has 2 heterocycles. The highest BCUT2D eigenvalue weighted by Gasteiger charge is 2.36. The average molecular weight is 626 g/mol. The quantitative estimate of drug-likeness (QED) is 0.268. The number of carboxylic acid groups (broad SMARTS) is 4. The molecule has 0 aliphatic carbocycles. The van der Waals surface area contributed by atoms with Crippen LogP contribution in [-0.4, -0.2) is 101 Å². The van der Waals surface area contributed by atoms with Crippen molar-refractivity contribution in [3.63, 3.8) is 0 Å². The maximum absolute atomic E-state index is 11.3. The van der Waals surface area contributed by atoms with Crippen molar-refractivity contribution in [2.45, 2.75) is 25.3 Å². The minimum absolute atomic E-state index is 0.0795. The number of benzene rings is 2. The number of fused-ring (bicyclic) bond motifs is 3. The molecule has 0 bridgehead atoms. The predicted octanol–water partition coefficient (Wildman–Crippen LogP) is 2.72. The van der Waals surface area contributed by atoms with Crippen LogP contribution in [0.15, 0.2) is 65.7 Å². The zero-order valence-corrected chi connectivity index (χ0v) is 25.1. The SMILES string of the molecule is COc1cc2c(cc1OC)[C@H]1CN(C)CC[C@@H]1N=C2c1ccc(NC(C)=O)cc1.O=C(O)/C=C/C(=O)O.O=C(O)/C=C/C(=O)O. The topological polar surface area (TPSA) is 212 Å². The number of hydrogen-bond donors (Lipinski definition) is 5. The second-order valence-electron chi connectivity index (χ2n) is 9.78. The van der Waals surface area contributed by atoms with E-state index in [0.29, 0.717) is 36.0 Å². The number of aliphatic carboxylic acids is 4. The maximum atomic E-state index is 11.3. The number of nitrogens with zero attached hydrogens (tertiary/aromatic N) is 2. The van der Waals surface area contributed by atoms with Crippen molar-refractivity contribution in [1.29, 1.82) is 0 Å². The Morgan fingerprint density at radius 2 is 1.33 bits per heavy atom. The lowest BCUT2D eigenvalue weighted by Crippen LogP contribution is -2.41. The van der Waals surface area contributed by atoms with Crippen LogP contribution < -0.4 is 14.8 Å². The summed E-state index contributed by atoms with van der Waals surface area (Å²) < 4.78 is 11.2. The van der Waals surface area contributed by atoms with Crippen molar-refractivity contribution >= 4 is 41.2 Å². The lowest BCUT2D eigenvalue weighted by Gasteiger charge is -2.39. The number of anilines is 1. The monoisotopic (exact) mass is 625 g/mol. The van der Waals surface area contributed by atoms with Gasteiger partial charge in [0.1, 0.15) is 0 Å². The van der Waals surface area contributed by atoms with E-state index in [9.17, 15) is 24.0 Å². The van der Waals surface area contributed by atoms with E-state index in [0.717, 1.165) is 47.8 Å². The van der Waals surface area contributed by atoms with E-state index in [-0.39, 0.29) is 11.9 Å². The summed E-state index contributed by atoms with van der Waals surface area (Å²) in [5, 5.41) is 34.1. The highest BCUT2D eigenvalue weighted by molar-refractivity contribution is 6.15. The number of methoxy groups -OCH3 is 2. The number of amides is 1. The Kier molecular flexibility index (Phi) is 13.5. The first-order chi connectivity index (χ1) is 21.2. The minimum atomic E-state index is -1.26. The van der Waals surface area contributed by atoms with Gasteiger partial charge in [0.15, 0.2) is 11.5 Å². The Balaban J connectivity index is 0.000000365. The minimum Gasteiger partial charge on any atom is -0.493 e. The van der Waals surface area contributed by atoms with E-state index in [1.165, 1.54) is 12.5 Å². The Labute approximate surface area is 258 Å². The van der Waals surface area contributed by atoms with Crippen LogP contribution in [0, 0.1) is 0 Å². The highest BCUT2D eigenvalue weighted by atomic mass is 16.5. The molecule has 14 heteroatoms. The summed E-state index contributed by atoms with van der Waals surface area (Å²) in [6.07, 6.45) is 3.26. The summed E-state index contributed by atoms with van der Waals surface area (Å²) in [5.41, 5.74) is 5.13. The van der Waals surface area contributed by atoms with E-state index in [4.69, 9.17) is 34.9 Å². The second-order valence-corrected chi connectivity index (χ2v) is 9.78. The molecule has 2 aliphatic heterocycles. The summed E-state index contributed by atoms with van der Waals surface area (Å²) in [6, 6.07) is 12.3. The standard InChI is InChI=1S/C23H27N3O3.2C4H4O4/c1-14(27)24-16-7-5-15(6-8-16)23-18-12-22(29-4)21(28-3)11-17(18)19-13-26(2)10-9-20(19)25-23;2*5-3(6)1-2-4(7)8/h5-8,11-12,19-20H,9-10,13H2,1-4H3,(H,24,27);2*1-2H,(H,5,6)(H,7,8)/b;2*2-1+/t19-,20+;;/m1../s1. The summed E-state index contributed by atoms with van der Waals surface area (Å²) in [5.74, 6) is -3.31. The molecule has 1 amide bonds. The van der Waals surface area contributed by atoms with E-state index in [1.54, 1.807) is 14.2 Å². The van der Waals surface area contributed by atoms with Crippen LogP contribution in [-0.2, 0) is 24.0 Å². The van der Waals surface area contributed by atoms with Gasteiger partial charge < -0.3 is 40.1 Å². The summed E-state index contributed by atoms with van der Waals surface area (Å²) >= 11 is 0. The first kappa shape index (κ1) is 35.7. The number of ether oxygens (including phenoxy) is 2. The van der Waals surface area contributed by atoms with Gasteiger partial charge in [-0.15, -0.1) is 0 Å². The first-order valence-electron chi connectivity index (χ1n) is 13.4. The molecule has 0 aromatic heterocycles. The van der Waals surface area contributed by atoms with Gasteiger partial charge in [0.25, 0.3) is 0 Å². The molecule has 45 heavy (non-hydrogen) atoms. The van der Waals surface area contributed by atoms with Crippen molar-refractivity contribution in [2.24, 2.45) is 4.99 Å². The molecule has 1 saturated heterocycles. The largest absolute Gasteiger partial charge is 0.493 e. The molecule has 0 spiro atoms. The molecule has 0 radical (unpaired) electrons. The molecule has 240 valence electrons. The molecule has 5 N–H and O–H groups in total. The zero-order valence-electron chi connectivity index (χ0n) is 25.1. The van der Waals surface area contributed by atoms with Gasteiger partial charge in [-0.3, -0.25) is 9.79 Å². The van der Waals surface area contributed by atoms with Crippen molar-refractivity contribution in [1.82, 2.24) is 4.90 Å². The molecule has 2 aromatic carbocycles. The normalized spacial score (nSPS) is 16.8. The van der Waals surface area contributed by atoms with Crippen LogP contribution in [0.5, 0.6) is 11.5 Å². The number of likely N-dealkylation sites (tertiary alicyclic amines) is 1. The molecule has 0 saturated carbocycles. The molecule has 2 aromatic rings. The van der Waals surface area contributed by atoms with E-state index < -0.39 is 23.9 Å². The maximum Gasteiger partial charge on any atom is 0.328 e. The van der Waals surface area contributed by atoms with Gasteiger partial charge in [0, 0.05) is 60.5 Å². The van der Waals surface area contributed by atoms with Crippen molar-refractivity contribution in [2.75, 3.05) is 39.7 Å². The van der Waals surface area contributed by atoms with Gasteiger partial charge >= 0.3 is 23.9 Å². The second kappa shape index (κ2) is 17.0. The van der Waals surface area contributed by atoms with Crippen LogP contribution in [0.4, 0.5) is 5.69 Å². The van der Waals surface area contributed by atoms with Gasteiger partial charge in [-0.2, -0.15) is 0 Å². The fourth-order valence-electron chi connectivity index (χ4n) is 4.63. The summed E-state index contributed by atoms with van der Waals surface area (Å²) in [7, 11) is 5.49. The Morgan fingerprint density at radius 1 is 0.844 bits per heavy atom. The number of aliphatic imine (C=N–C) groups is 1. The third-order valence-electron chi connectivity index (χ3n) is 6.50. The molecular weight excluding hydrogens is 590 g/mol. The molecule has 2 aliphatic rings. The Hall–Kier alpha value is -5.50. The lowest BCUT2D eigenvalue weighted by atomic mass is 9.79. The average Bonchev–Trinajstić information content (AvgIpc) is 2.98. The van der Waals surface area contributed by atoms with Gasteiger partial charge in [0.2, 0.25) is 5.91 Å². The van der Waals surface area contributed by atoms with Gasteiger partial charge in [0.05, 0.1) is 26.0 Å². The van der Waals surface area contributed by atoms with E-state index in [1.807, 2.05) is 30.3 Å². The number of carboxylic acids is 4.